The fraction of sp³-hybridized carbons (Fsp3) is 0.391. The maximum Gasteiger partial charge on any atom is 0.322 e. The molecule has 7 heteroatoms. The summed E-state index contributed by atoms with van der Waals surface area (Å²) in [4.78, 5) is 30.0. The maximum atomic E-state index is 13.2. The van der Waals surface area contributed by atoms with Crippen LogP contribution in [0.5, 0.6) is 0 Å². The number of rotatable bonds is 3. The number of hydrogen-bond donors (Lipinski definition) is 1. The molecule has 0 saturated carbocycles. The van der Waals surface area contributed by atoms with Gasteiger partial charge < -0.3 is 19.9 Å². The van der Waals surface area contributed by atoms with Crippen LogP contribution in [-0.2, 0) is 9.53 Å². The lowest BCUT2D eigenvalue weighted by atomic mass is 9.88. The number of ether oxygens (including phenoxy) is 1. The lowest BCUT2D eigenvalue weighted by Crippen LogP contribution is -2.51. The Balaban J connectivity index is 1.53. The first-order valence-electron chi connectivity index (χ1n) is 10.4. The molecule has 0 bridgehead atoms. The zero-order valence-electron chi connectivity index (χ0n) is 16.8. The van der Waals surface area contributed by atoms with Crippen molar-refractivity contribution in [1.29, 1.82) is 0 Å². The van der Waals surface area contributed by atoms with Gasteiger partial charge in [0, 0.05) is 30.3 Å². The number of nitrogens with one attached hydrogen (secondary N) is 1. The molecule has 2 aliphatic heterocycles. The summed E-state index contributed by atoms with van der Waals surface area (Å²) < 4.78 is 5.37. The normalized spacial score (nSPS) is 21.9. The van der Waals surface area contributed by atoms with Crippen molar-refractivity contribution in [2.75, 3.05) is 38.2 Å². The topological polar surface area (TPSA) is 61.9 Å². The molecular formula is C23H26ClN3O3. The van der Waals surface area contributed by atoms with Gasteiger partial charge in [-0.1, -0.05) is 48.0 Å². The summed E-state index contributed by atoms with van der Waals surface area (Å²) in [7, 11) is 0. The van der Waals surface area contributed by atoms with Gasteiger partial charge in [-0.15, -0.1) is 0 Å². The van der Waals surface area contributed by atoms with E-state index in [0.29, 0.717) is 43.6 Å². The molecule has 3 amide bonds. The number of benzene rings is 2. The Bertz CT molecular complexity index is 886. The van der Waals surface area contributed by atoms with Crippen LogP contribution in [-0.4, -0.2) is 54.6 Å². The number of halogens is 1. The molecule has 0 aromatic heterocycles. The van der Waals surface area contributed by atoms with E-state index in [-0.39, 0.29) is 23.9 Å². The number of nitrogens with zero attached hydrogens (tertiary/aromatic N) is 2. The lowest BCUT2D eigenvalue weighted by Gasteiger charge is -2.41. The van der Waals surface area contributed by atoms with Crippen LogP contribution >= 0.6 is 11.6 Å². The van der Waals surface area contributed by atoms with Crippen LogP contribution < -0.4 is 5.32 Å². The van der Waals surface area contributed by atoms with E-state index in [1.54, 1.807) is 23.1 Å². The number of likely N-dealkylation sites (tertiary alicyclic amines) is 1. The number of carbonyl (C=O) groups excluding carboxylic acids is 2. The lowest BCUT2D eigenvalue weighted by molar-refractivity contribution is -0.141. The predicted molar refractivity (Wildman–Crippen MR) is 116 cm³/mol. The Kier molecular flexibility index (Phi) is 6.55. The number of piperidine rings is 1. The van der Waals surface area contributed by atoms with E-state index < -0.39 is 0 Å². The molecule has 0 spiro atoms. The van der Waals surface area contributed by atoms with Crippen molar-refractivity contribution in [2.24, 2.45) is 5.92 Å². The average Bonchev–Trinajstić information content (AvgIpc) is 2.79. The van der Waals surface area contributed by atoms with Gasteiger partial charge in [-0.2, -0.15) is 0 Å². The highest BCUT2D eigenvalue weighted by Crippen LogP contribution is 2.35. The minimum Gasteiger partial charge on any atom is -0.378 e. The van der Waals surface area contributed by atoms with Gasteiger partial charge in [0.1, 0.15) is 0 Å². The summed E-state index contributed by atoms with van der Waals surface area (Å²) in [5.74, 6) is -0.0847. The number of morpholine rings is 1. The van der Waals surface area contributed by atoms with Crippen molar-refractivity contribution in [2.45, 2.75) is 18.9 Å². The van der Waals surface area contributed by atoms with Gasteiger partial charge in [-0.3, -0.25) is 4.79 Å². The molecule has 30 heavy (non-hydrogen) atoms. The summed E-state index contributed by atoms with van der Waals surface area (Å²) in [6.45, 7) is 2.77. The first-order valence-corrected chi connectivity index (χ1v) is 10.7. The largest absolute Gasteiger partial charge is 0.378 e. The quantitative estimate of drug-likeness (QED) is 0.799. The second kappa shape index (κ2) is 9.49. The van der Waals surface area contributed by atoms with Gasteiger partial charge in [-0.25, -0.2) is 4.79 Å². The molecule has 2 aromatic rings. The van der Waals surface area contributed by atoms with Crippen molar-refractivity contribution >= 4 is 29.2 Å². The molecule has 4 rings (SSSR count). The minimum atomic E-state index is -0.217. The van der Waals surface area contributed by atoms with Crippen LogP contribution in [0.3, 0.4) is 0 Å². The minimum absolute atomic E-state index is 0.0703. The SMILES string of the molecule is O=C(C1CCC(c2ccccc2)N(C(=O)Nc2cccc(Cl)c2)C1)N1CCOCC1. The predicted octanol–water partition coefficient (Wildman–Crippen LogP) is 4.18. The smallest absolute Gasteiger partial charge is 0.322 e. The molecule has 2 heterocycles. The Morgan fingerprint density at radius 3 is 2.50 bits per heavy atom. The number of hydrogen-bond acceptors (Lipinski definition) is 3. The van der Waals surface area contributed by atoms with Crippen LogP contribution in [0.4, 0.5) is 10.5 Å². The fourth-order valence-corrected chi connectivity index (χ4v) is 4.41. The maximum absolute atomic E-state index is 13.2. The van der Waals surface area contributed by atoms with E-state index in [2.05, 4.69) is 5.32 Å². The molecule has 2 unspecified atom stereocenters. The summed E-state index contributed by atoms with van der Waals surface area (Å²) in [6, 6.07) is 16.8. The van der Waals surface area contributed by atoms with E-state index in [9.17, 15) is 9.59 Å². The van der Waals surface area contributed by atoms with E-state index in [0.717, 1.165) is 18.4 Å². The van der Waals surface area contributed by atoms with Crippen LogP contribution in [0.2, 0.25) is 5.02 Å². The van der Waals surface area contributed by atoms with Crippen LogP contribution in [0.1, 0.15) is 24.4 Å². The summed E-state index contributed by atoms with van der Waals surface area (Å²) in [5, 5.41) is 3.51. The molecular weight excluding hydrogens is 402 g/mol. The number of amides is 3. The number of anilines is 1. The molecule has 0 radical (unpaired) electrons. The first kappa shape index (κ1) is 20.7. The van der Waals surface area contributed by atoms with Crippen molar-refractivity contribution in [3.8, 4) is 0 Å². The van der Waals surface area contributed by atoms with Crippen molar-refractivity contribution in [3.05, 3.63) is 65.2 Å². The van der Waals surface area contributed by atoms with E-state index in [4.69, 9.17) is 16.3 Å². The Morgan fingerprint density at radius 2 is 1.77 bits per heavy atom. The van der Waals surface area contributed by atoms with Crippen molar-refractivity contribution in [3.63, 3.8) is 0 Å². The van der Waals surface area contributed by atoms with Gasteiger partial charge >= 0.3 is 6.03 Å². The summed E-state index contributed by atoms with van der Waals surface area (Å²) in [6.07, 6.45) is 1.50. The third kappa shape index (κ3) is 4.77. The summed E-state index contributed by atoms with van der Waals surface area (Å²) >= 11 is 6.06. The number of urea groups is 1. The zero-order chi connectivity index (χ0) is 20.9. The summed E-state index contributed by atoms with van der Waals surface area (Å²) in [5.41, 5.74) is 1.72. The molecule has 2 saturated heterocycles. The first-order chi connectivity index (χ1) is 14.6. The molecule has 6 nitrogen and oxygen atoms in total. The monoisotopic (exact) mass is 427 g/mol. The highest BCUT2D eigenvalue weighted by Gasteiger charge is 2.37. The third-order valence-electron chi connectivity index (χ3n) is 5.77. The molecule has 2 aliphatic rings. The highest BCUT2D eigenvalue weighted by molar-refractivity contribution is 6.30. The molecule has 1 N–H and O–H groups in total. The van der Waals surface area contributed by atoms with Gasteiger partial charge in [0.2, 0.25) is 5.91 Å². The Hall–Kier alpha value is -2.57. The third-order valence-corrected chi connectivity index (χ3v) is 6.01. The Labute approximate surface area is 181 Å². The van der Waals surface area contributed by atoms with Crippen LogP contribution in [0.25, 0.3) is 0 Å². The van der Waals surface area contributed by atoms with Crippen molar-refractivity contribution in [1.82, 2.24) is 9.80 Å². The van der Waals surface area contributed by atoms with Gasteiger partial charge in [0.15, 0.2) is 0 Å². The second-order valence-corrected chi connectivity index (χ2v) is 8.17. The van der Waals surface area contributed by atoms with E-state index in [1.807, 2.05) is 41.3 Å². The molecule has 2 atom stereocenters. The fourth-order valence-electron chi connectivity index (χ4n) is 4.22. The highest BCUT2D eigenvalue weighted by atomic mass is 35.5. The molecule has 0 aliphatic carbocycles. The van der Waals surface area contributed by atoms with Gasteiger partial charge in [-0.05, 0) is 36.6 Å². The Morgan fingerprint density at radius 1 is 1.00 bits per heavy atom. The van der Waals surface area contributed by atoms with Crippen molar-refractivity contribution < 1.29 is 14.3 Å². The zero-order valence-corrected chi connectivity index (χ0v) is 17.6. The van der Waals surface area contributed by atoms with Gasteiger partial charge in [0.25, 0.3) is 0 Å². The second-order valence-electron chi connectivity index (χ2n) is 7.73. The molecule has 158 valence electrons. The average molecular weight is 428 g/mol. The van der Waals surface area contributed by atoms with E-state index in [1.165, 1.54) is 0 Å². The van der Waals surface area contributed by atoms with E-state index >= 15 is 0 Å². The van der Waals surface area contributed by atoms with Crippen LogP contribution in [0, 0.1) is 5.92 Å². The van der Waals surface area contributed by atoms with Crippen LogP contribution in [0.15, 0.2) is 54.6 Å². The molecule has 2 fully saturated rings. The molecule has 2 aromatic carbocycles. The van der Waals surface area contributed by atoms with Gasteiger partial charge in [0.05, 0.1) is 25.2 Å². The number of carbonyl (C=O) groups is 2. The standard InChI is InChI=1S/C23H26ClN3O3/c24-19-7-4-8-20(15-19)25-23(29)27-16-18(22(28)26-11-13-30-14-12-26)9-10-21(27)17-5-2-1-3-6-17/h1-8,15,18,21H,9-14,16H2,(H,25,29).